The summed E-state index contributed by atoms with van der Waals surface area (Å²) in [5.74, 6) is -2.97. The molecule has 1 amide bonds. The fourth-order valence-electron chi connectivity index (χ4n) is 1.76. The van der Waals surface area contributed by atoms with E-state index in [2.05, 4.69) is 10.1 Å². The topological polar surface area (TPSA) is 38.3 Å². The van der Waals surface area contributed by atoms with Gasteiger partial charge in [0.2, 0.25) is 0 Å². The van der Waals surface area contributed by atoms with Crippen LogP contribution in [0.15, 0.2) is 42.5 Å². The number of amides is 1. The predicted molar refractivity (Wildman–Crippen MR) is 70.7 cm³/mol. The van der Waals surface area contributed by atoms with E-state index in [9.17, 15) is 26.7 Å². The fourth-order valence-corrected chi connectivity index (χ4v) is 1.76. The van der Waals surface area contributed by atoms with E-state index in [1.54, 1.807) is 0 Å². The van der Waals surface area contributed by atoms with E-state index in [-0.39, 0.29) is 12.1 Å². The highest BCUT2D eigenvalue weighted by atomic mass is 19.4. The molecular formula is C15H10F5NO2. The van der Waals surface area contributed by atoms with Crippen molar-refractivity contribution >= 4 is 5.91 Å². The van der Waals surface area contributed by atoms with Gasteiger partial charge in [-0.25, -0.2) is 8.78 Å². The van der Waals surface area contributed by atoms with Crippen LogP contribution >= 0.6 is 0 Å². The first kappa shape index (κ1) is 16.7. The van der Waals surface area contributed by atoms with Crippen molar-refractivity contribution < 1.29 is 31.5 Å². The molecule has 0 aromatic heterocycles. The van der Waals surface area contributed by atoms with Crippen LogP contribution in [0.1, 0.15) is 15.9 Å². The van der Waals surface area contributed by atoms with Gasteiger partial charge in [0.25, 0.3) is 5.91 Å². The first-order chi connectivity index (χ1) is 10.7. The molecule has 0 saturated carbocycles. The number of benzene rings is 2. The molecular weight excluding hydrogens is 321 g/mol. The van der Waals surface area contributed by atoms with E-state index in [0.717, 1.165) is 24.3 Å². The summed E-state index contributed by atoms with van der Waals surface area (Å²) in [7, 11) is 0. The van der Waals surface area contributed by atoms with Gasteiger partial charge in [-0.2, -0.15) is 0 Å². The minimum Gasteiger partial charge on any atom is -0.406 e. The van der Waals surface area contributed by atoms with Crippen LogP contribution in [-0.4, -0.2) is 12.3 Å². The third kappa shape index (κ3) is 4.94. The summed E-state index contributed by atoms with van der Waals surface area (Å²) in [5.41, 5.74) is 0.152. The number of nitrogens with one attached hydrogen (secondary N) is 1. The Labute approximate surface area is 127 Å². The van der Waals surface area contributed by atoms with Crippen LogP contribution in [0.5, 0.6) is 5.75 Å². The van der Waals surface area contributed by atoms with E-state index in [4.69, 9.17) is 0 Å². The lowest BCUT2D eigenvalue weighted by Crippen LogP contribution is -2.24. The molecule has 0 saturated heterocycles. The lowest BCUT2D eigenvalue weighted by molar-refractivity contribution is -0.274. The van der Waals surface area contributed by atoms with Crippen molar-refractivity contribution in [2.45, 2.75) is 12.9 Å². The van der Waals surface area contributed by atoms with Crippen molar-refractivity contribution in [2.24, 2.45) is 0 Å². The van der Waals surface area contributed by atoms with Gasteiger partial charge in [-0.3, -0.25) is 4.79 Å². The SMILES string of the molecule is O=C(NCc1ccc(OC(F)(F)F)cc1)c1ccc(F)cc1F. The Kier molecular flexibility index (Phi) is 4.83. The maximum absolute atomic E-state index is 13.4. The molecule has 0 aliphatic rings. The lowest BCUT2D eigenvalue weighted by atomic mass is 10.1. The molecule has 0 radical (unpaired) electrons. The maximum atomic E-state index is 13.4. The number of carbonyl (C=O) groups excluding carboxylic acids is 1. The average Bonchev–Trinajstić information content (AvgIpc) is 2.44. The summed E-state index contributed by atoms with van der Waals surface area (Å²) in [6.45, 7) is -0.0397. The molecule has 2 rings (SSSR count). The summed E-state index contributed by atoms with van der Waals surface area (Å²) >= 11 is 0. The van der Waals surface area contributed by atoms with Crippen molar-refractivity contribution in [3.05, 3.63) is 65.2 Å². The number of rotatable bonds is 4. The van der Waals surface area contributed by atoms with E-state index < -0.39 is 29.7 Å². The predicted octanol–water partition coefficient (Wildman–Crippen LogP) is 3.79. The molecule has 0 aliphatic heterocycles. The number of hydrogen-bond acceptors (Lipinski definition) is 2. The van der Waals surface area contributed by atoms with Crippen LogP contribution in [0.3, 0.4) is 0 Å². The fraction of sp³-hybridized carbons (Fsp3) is 0.133. The summed E-state index contributed by atoms with van der Waals surface area (Å²) in [6.07, 6.45) is -4.78. The van der Waals surface area contributed by atoms with Gasteiger partial charge in [0, 0.05) is 12.6 Å². The van der Waals surface area contributed by atoms with E-state index in [1.165, 1.54) is 12.1 Å². The van der Waals surface area contributed by atoms with Gasteiger partial charge in [-0.05, 0) is 29.8 Å². The summed E-state index contributed by atoms with van der Waals surface area (Å²) in [4.78, 5) is 11.8. The second-order valence-corrected chi connectivity index (χ2v) is 4.50. The van der Waals surface area contributed by atoms with Crippen molar-refractivity contribution in [3.8, 4) is 5.75 Å². The molecule has 23 heavy (non-hydrogen) atoms. The Morgan fingerprint density at radius 2 is 1.70 bits per heavy atom. The maximum Gasteiger partial charge on any atom is 0.573 e. The zero-order valence-electron chi connectivity index (χ0n) is 11.5. The molecule has 0 fully saturated rings. The lowest BCUT2D eigenvalue weighted by Gasteiger charge is -2.10. The molecule has 0 bridgehead atoms. The molecule has 0 atom stereocenters. The number of hydrogen-bond donors (Lipinski definition) is 1. The third-order valence-electron chi connectivity index (χ3n) is 2.79. The number of ether oxygens (including phenoxy) is 1. The number of alkyl halides is 3. The Morgan fingerprint density at radius 3 is 2.26 bits per heavy atom. The third-order valence-corrected chi connectivity index (χ3v) is 2.79. The standard InChI is InChI=1S/C15H10F5NO2/c16-10-3-6-12(13(17)7-10)14(22)21-8-9-1-4-11(5-2-9)23-15(18,19)20/h1-7H,8H2,(H,21,22). The second-order valence-electron chi connectivity index (χ2n) is 4.50. The molecule has 0 heterocycles. The van der Waals surface area contributed by atoms with Gasteiger partial charge in [0.05, 0.1) is 5.56 Å². The van der Waals surface area contributed by atoms with Crippen LogP contribution < -0.4 is 10.1 Å². The van der Waals surface area contributed by atoms with Crippen molar-refractivity contribution in [2.75, 3.05) is 0 Å². The highest BCUT2D eigenvalue weighted by Gasteiger charge is 2.30. The Morgan fingerprint density at radius 1 is 1.04 bits per heavy atom. The summed E-state index contributed by atoms with van der Waals surface area (Å²) in [6, 6.07) is 7.35. The van der Waals surface area contributed by atoms with Gasteiger partial charge in [-0.1, -0.05) is 12.1 Å². The van der Waals surface area contributed by atoms with Gasteiger partial charge in [0.15, 0.2) is 0 Å². The van der Waals surface area contributed by atoms with Crippen LogP contribution in [0.2, 0.25) is 0 Å². The molecule has 0 spiro atoms. The van der Waals surface area contributed by atoms with Gasteiger partial charge in [0.1, 0.15) is 17.4 Å². The zero-order chi connectivity index (χ0) is 17.0. The second kappa shape index (κ2) is 6.64. The van der Waals surface area contributed by atoms with Crippen LogP contribution in [-0.2, 0) is 6.54 Å². The van der Waals surface area contributed by atoms with Crippen molar-refractivity contribution in [1.29, 1.82) is 0 Å². The average molecular weight is 331 g/mol. The molecule has 2 aromatic carbocycles. The first-order valence-electron chi connectivity index (χ1n) is 6.32. The van der Waals surface area contributed by atoms with Crippen LogP contribution in [0, 0.1) is 11.6 Å². The van der Waals surface area contributed by atoms with Crippen molar-refractivity contribution in [1.82, 2.24) is 5.32 Å². The summed E-state index contributed by atoms with van der Waals surface area (Å²) in [5, 5.41) is 2.38. The minimum absolute atomic E-state index is 0.0397. The van der Waals surface area contributed by atoms with Crippen LogP contribution in [0.4, 0.5) is 22.0 Å². The molecule has 8 heteroatoms. The van der Waals surface area contributed by atoms with Crippen molar-refractivity contribution in [3.63, 3.8) is 0 Å². The Hall–Kier alpha value is -2.64. The van der Waals surface area contributed by atoms with Gasteiger partial charge in [-0.15, -0.1) is 13.2 Å². The van der Waals surface area contributed by atoms with Gasteiger partial charge >= 0.3 is 6.36 Å². The highest BCUT2D eigenvalue weighted by molar-refractivity contribution is 5.94. The Bertz CT molecular complexity index is 698. The smallest absolute Gasteiger partial charge is 0.406 e. The van der Waals surface area contributed by atoms with Gasteiger partial charge < -0.3 is 10.1 Å². The summed E-state index contributed by atoms with van der Waals surface area (Å²) < 4.78 is 65.9. The van der Waals surface area contributed by atoms with E-state index in [0.29, 0.717) is 11.6 Å². The van der Waals surface area contributed by atoms with E-state index >= 15 is 0 Å². The normalized spacial score (nSPS) is 11.2. The quantitative estimate of drug-likeness (QED) is 0.866. The largest absolute Gasteiger partial charge is 0.573 e. The van der Waals surface area contributed by atoms with Crippen LogP contribution in [0.25, 0.3) is 0 Å². The monoisotopic (exact) mass is 331 g/mol. The molecule has 0 aliphatic carbocycles. The van der Waals surface area contributed by atoms with E-state index in [1.807, 2.05) is 0 Å². The molecule has 3 nitrogen and oxygen atoms in total. The minimum atomic E-state index is -4.78. The molecule has 1 N–H and O–H groups in total. The first-order valence-corrected chi connectivity index (χ1v) is 6.32. The highest BCUT2D eigenvalue weighted by Crippen LogP contribution is 2.22. The number of carbonyl (C=O) groups is 1. The Balaban J connectivity index is 1.96. The molecule has 122 valence electrons. The molecule has 0 unspecified atom stereocenters. The zero-order valence-corrected chi connectivity index (χ0v) is 11.5. The molecule has 2 aromatic rings. The number of halogens is 5.